The van der Waals surface area contributed by atoms with E-state index < -0.39 is 18.6 Å². The van der Waals surface area contributed by atoms with Crippen LogP contribution in [0.1, 0.15) is 37.4 Å². The van der Waals surface area contributed by atoms with Crippen LogP contribution < -0.4 is 5.73 Å². The molecule has 0 heterocycles. The van der Waals surface area contributed by atoms with E-state index in [0.717, 1.165) is 5.56 Å². The molecule has 92 valence electrons. The lowest BCUT2D eigenvalue weighted by Crippen LogP contribution is -2.20. The van der Waals surface area contributed by atoms with Gasteiger partial charge in [-0.3, -0.25) is 0 Å². The van der Waals surface area contributed by atoms with Crippen LogP contribution in [0.15, 0.2) is 24.3 Å². The van der Waals surface area contributed by atoms with E-state index in [4.69, 9.17) is 5.73 Å². The maximum atomic E-state index is 12.0. The highest BCUT2D eigenvalue weighted by molar-refractivity contribution is 5.24. The molecule has 16 heavy (non-hydrogen) atoms. The van der Waals surface area contributed by atoms with Gasteiger partial charge in [0.1, 0.15) is 0 Å². The lowest BCUT2D eigenvalue weighted by Gasteiger charge is -2.14. The molecule has 0 aliphatic rings. The lowest BCUT2D eigenvalue weighted by atomic mass is 10.0. The molecule has 4 heteroatoms. The smallest absolute Gasteiger partial charge is 0.324 e. The number of halogens is 3. The monoisotopic (exact) mass is 233 g/mol. The van der Waals surface area contributed by atoms with Gasteiger partial charge in [-0.25, -0.2) is 0 Å². The second-order valence-electron chi connectivity index (χ2n) is 3.34. The molecule has 0 radical (unpaired) electrons. The van der Waals surface area contributed by atoms with Crippen molar-refractivity contribution in [3.63, 3.8) is 0 Å². The number of hydrogen-bond acceptors (Lipinski definition) is 1. The standard InChI is InChI=1S/C10H12F3N.C2H6/c1-7-3-2-4-8(5-7)9(14)6-10(11,12)13;1-2/h2-5,9H,6,14H2,1H3;1-2H3. The SMILES string of the molecule is CC.Cc1cccc(C(N)CC(F)(F)F)c1. The van der Waals surface area contributed by atoms with Crippen molar-refractivity contribution in [1.29, 1.82) is 0 Å². The third kappa shape index (κ3) is 5.75. The molecular formula is C12H18F3N. The molecule has 0 spiro atoms. The molecule has 1 nitrogen and oxygen atoms in total. The number of aryl methyl sites for hydroxylation is 1. The summed E-state index contributed by atoms with van der Waals surface area (Å²) in [5.41, 5.74) is 6.88. The first-order valence-electron chi connectivity index (χ1n) is 5.27. The molecule has 0 saturated carbocycles. The summed E-state index contributed by atoms with van der Waals surface area (Å²) < 4.78 is 36.0. The van der Waals surface area contributed by atoms with Crippen LogP contribution in [0.5, 0.6) is 0 Å². The highest BCUT2D eigenvalue weighted by atomic mass is 19.4. The van der Waals surface area contributed by atoms with Gasteiger partial charge in [-0.05, 0) is 12.5 Å². The predicted molar refractivity (Wildman–Crippen MR) is 60.1 cm³/mol. The zero-order valence-electron chi connectivity index (χ0n) is 9.81. The van der Waals surface area contributed by atoms with Gasteiger partial charge in [-0.2, -0.15) is 13.2 Å². The van der Waals surface area contributed by atoms with E-state index in [0.29, 0.717) is 5.56 Å². The predicted octanol–water partition coefficient (Wildman–Crippen LogP) is 3.97. The van der Waals surface area contributed by atoms with E-state index in [1.807, 2.05) is 26.8 Å². The van der Waals surface area contributed by atoms with Gasteiger partial charge in [-0.15, -0.1) is 0 Å². The molecule has 1 unspecified atom stereocenters. The fraction of sp³-hybridized carbons (Fsp3) is 0.500. The van der Waals surface area contributed by atoms with E-state index in [1.54, 1.807) is 18.2 Å². The highest BCUT2D eigenvalue weighted by Gasteiger charge is 2.30. The van der Waals surface area contributed by atoms with Crippen LogP contribution in [-0.4, -0.2) is 6.18 Å². The molecule has 0 fully saturated rings. The molecule has 0 aliphatic carbocycles. The Balaban J connectivity index is 0.00000106. The minimum absolute atomic E-state index is 0.530. The van der Waals surface area contributed by atoms with Crippen molar-refractivity contribution in [3.8, 4) is 0 Å². The highest BCUT2D eigenvalue weighted by Crippen LogP contribution is 2.27. The number of benzene rings is 1. The van der Waals surface area contributed by atoms with Crippen molar-refractivity contribution in [3.05, 3.63) is 35.4 Å². The topological polar surface area (TPSA) is 26.0 Å². The molecule has 1 aromatic carbocycles. The van der Waals surface area contributed by atoms with E-state index >= 15 is 0 Å². The van der Waals surface area contributed by atoms with E-state index in [2.05, 4.69) is 0 Å². The summed E-state index contributed by atoms with van der Waals surface area (Å²) in [6, 6.07) is 5.86. The zero-order chi connectivity index (χ0) is 12.8. The Morgan fingerprint density at radius 3 is 2.25 bits per heavy atom. The summed E-state index contributed by atoms with van der Waals surface area (Å²) in [7, 11) is 0. The van der Waals surface area contributed by atoms with Gasteiger partial charge in [0.15, 0.2) is 0 Å². The normalized spacial score (nSPS) is 12.7. The van der Waals surface area contributed by atoms with Gasteiger partial charge >= 0.3 is 6.18 Å². The maximum absolute atomic E-state index is 12.0. The van der Waals surface area contributed by atoms with Crippen molar-refractivity contribution in [2.45, 2.75) is 39.4 Å². The van der Waals surface area contributed by atoms with Gasteiger partial charge in [0.05, 0.1) is 6.42 Å². The molecular weight excluding hydrogens is 215 g/mol. The number of rotatable bonds is 2. The molecule has 0 aliphatic heterocycles. The van der Waals surface area contributed by atoms with E-state index in [-0.39, 0.29) is 0 Å². The van der Waals surface area contributed by atoms with Crippen molar-refractivity contribution < 1.29 is 13.2 Å². The summed E-state index contributed by atoms with van der Waals surface area (Å²) in [4.78, 5) is 0. The largest absolute Gasteiger partial charge is 0.390 e. The Labute approximate surface area is 94.5 Å². The van der Waals surface area contributed by atoms with Crippen molar-refractivity contribution in [1.82, 2.24) is 0 Å². The van der Waals surface area contributed by atoms with Gasteiger partial charge in [0.2, 0.25) is 0 Å². The van der Waals surface area contributed by atoms with Crippen LogP contribution in [0, 0.1) is 6.92 Å². The Morgan fingerprint density at radius 1 is 1.25 bits per heavy atom. The zero-order valence-corrected chi connectivity index (χ0v) is 9.81. The number of hydrogen-bond donors (Lipinski definition) is 1. The maximum Gasteiger partial charge on any atom is 0.390 e. The Hall–Kier alpha value is -1.03. The fourth-order valence-corrected chi connectivity index (χ4v) is 1.27. The number of nitrogens with two attached hydrogens (primary N) is 1. The van der Waals surface area contributed by atoms with Crippen molar-refractivity contribution in [2.24, 2.45) is 5.73 Å². The first-order chi connectivity index (χ1) is 7.38. The molecule has 0 saturated heterocycles. The summed E-state index contributed by atoms with van der Waals surface area (Å²) in [6.07, 6.45) is -5.18. The molecule has 1 rings (SSSR count). The summed E-state index contributed by atoms with van der Waals surface area (Å²) in [5, 5.41) is 0. The van der Waals surface area contributed by atoms with E-state index in [9.17, 15) is 13.2 Å². The van der Waals surface area contributed by atoms with Crippen molar-refractivity contribution in [2.75, 3.05) is 0 Å². The van der Waals surface area contributed by atoms with Crippen LogP contribution in [0.3, 0.4) is 0 Å². The quantitative estimate of drug-likeness (QED) is 0.821. The van der Waals surface area contributed by atoms with Crippen LogP contribution in [0.2, 0.25) is 0 Å². The van der Waals surface area contributed by atoms with Crippen LogP contribution >= 0.6 is 0 Å². The average molecular weight is 233 g/mol. The van der Waals surface area contributed by atoms with Crippen molar-refractivity contribution >= 4 is 0 Å². The fourth-order valence-electron chi connectivity index (χ4n) is 1.27. The third-order valence-electron chi connectivity index (χ3n) is 1.92. The van der Waals surface area contributed by atoms with Gasteiger partial charge in [0.25, 0.3) is 0 Å². The van der Waals surface area contributed by atoms with Crippen LogP contribution in [0.25, 0.3) is 0 Å². The minimum atomic E-state index is -4.21. The summed E-state index contributed by atoms with van der Waals surface area (Å²) in [5.74, 6) is 0. The molecule has 0 amide bonds. The molecule has 2 N–H and O–H groups in total. The Morgan fingerprint density at radius 2 is 1.81 bits per heavy atom. The van der Waals surface area contributed by atoms with Gasteiger partial charge in [-0.1, -0.05) is 43.7 Å². The molecule has 1 atom stereocenters. The van der Waals surface area contributed by atoms with Gasteiger partial charge < -0.3 is 5.73 Å². The third-order valence-corrected chi connectivity index (χ3v) is 1.92. The van der Waals surface area contributed by atoms with Gasteiger partial charge in [0, 0.05) is 6.04 Å². The molecule has 0 aromatic heterocycles. The first kappa shape index (κ1) is 15.0. The first-order valence-corrected chi connectivity index (χ1v) is 5.27. The molecule has 0 bridgehead atoms. The second-order valence-corrected chi connectivity index (χ2v) is 3.34. The lowest BCUT2D eigenvalue weighted by molar-refractivity contribution is -0.138. The Kier molecular flexibility index (Phi) is 6.11. The molecule has 1 aromatic rings. The number of alkyl halides is 3. The second kappa shape index (κ2) is 6.53. The summed E-state index contributed by atoms with van der Waals surface area (Å²) in [6.45, 7) is 5.82. The van der Waals surface area contributed by atoms with Crippen LogP contribution in [-0.2, 0) is 0 Å². The minimum Gasteiger partial charge on any atom is -0.324 e. The van der Waals surface area contributed by atoms with Crippen LogP contribution in [0.4, 0.5) is 13.2 Å². The summed E-state index contributed by atoms with van der Waals surface area (Å²) >= 11 is 0. The Bertz CT molecular complexity index is 307. The average Bonchev–Trinajstić information content (AvgIpc) is 2.18. The van der Waals surface area contributed by atoms with E-state index in [1.165, 1.54) is 0 Å².